The second kappa shape index (κ2) is 8.26. The Morgan fingerprint density at radius 3 is 2.61 bits per heavy atom. The number of aliphatic hydroxyl groups excluding tert-OH is 1. The number of nitrogens with zero attached hydrogens (tertiary/aromatic N) is 2. The first-order valence-corrected chi connectivity index (χ1v) is 7.95. The lowest BCUT2D eigenvalue weighted by molar-refractivity contribution is -0.384. The molecular formula is C15H21BrN2O5. The van der Waals surface area contributed by atoms with Crippen molar-refractivity contribution in [2.75, 3.05) is 13.2 Å². The van der Waals surface area contributed by atoms with Crippen LogP contribution in [0.2, 0.25) is 0 Å². The summed E-state index contributed by atoms with van der Waals surface area (Å²) in [5.41, 5.74) is -0.0911. The van der Waals surface area contributed by atoms with Gasteiger partial charge < -0.3 is 14.7 Å². The minimum absolute atomic E-state index is 0.0468. The van der Waals surface area contributed by atoms with Crippen molar-refractivity contribution < 1.29 is 19.6 Å². The highest BCUT2D eigenvalue weighted by atomic mass is 79.9. The lowest BCUT2D eigenvalue weighted by atomic mass is 10.2. The smallest absolute Gasteiger partial charge is 0.410 e. The molecule has 0 radical (unpaired) electrons. The molecule has 23 heavy (non-hydrogen) atoms. The Labute approximate surface area is 143 Å². The number of benzene rings is 1. The number of hydrogen-bond acceptors (Lipinski definition) is 5. The maximum absolute atomic E-state index is 12.3. The molecule has 0 saturated heterocycles. The molecule has 8 heteroatoms. The molecular weight excluding hydrogens is 368 g/mol. The number of nitro benzene ring substituents is 1. The quantitative estimate of drug-likeness (QED) is 0.594. The summed E-state index contributed by atoms with van der Waals surface area (Å²) in [7, 11) is 0. The number of halogens is 1. The van der Waals surface area contributed by atoms with E-state index in [0.29, 0.717) is 23.0 Å². The van der Waals surface area contributed by atoms with Crippen molar-refractivity contribution >= 4 is 27.7 Å². The SMILES string of the molecule is CC(C)(C)OC(=O)N(CCCO)Cc1cc([N+](=O)[O-])ccc1Br. The van der Waals surface area contributed by atoms with Crippen molar-refractivity contribution in [2.24, 2.45) is 0 Å². The first-order valence-electron chi connectivity index (χ1n) is 7.15. The van der Waals surface area contributed by atoms with Crippen molar-refractivity contribution in [3.8, 4) is 0 Å². The number of nitro groups is 1. The molecule has 0 aliphatic rings. The highest BCUT2D eigenvalue weighted by Gasteiger charge is 2.23. The first kappa shape index (κ1) is 19.4. The standard InChI is InChI=1S/C15H21BrN2O5/c1-15(2,3)23-14(20)17(7-4-8-19)10-11-9-12(18(21)22)5-6-13(11)16/h5-6,9,19H,4,7-8,10H2,1-3H3. The zero-order valence-electron chi connectivity index (χ0n) is 13.4. The van der Waals surface area contributed by atoms with Crippen LogP contribution in [0.25, 0.3) is 0 Å². The Hall–Kier alpha value is -1.67. The van der Waals surface area contributed by atoms with Gasteiger partial charge in [-0.25, -0.2) is 4.79 Å². The van der Waals surface area contributed by atoms with Crippen LogP contribution in [0, 0.1) is 10.1 Å². The van der Waals surface area contributed by atoms with Crippen LogP contribution in [0.15, 0.2) is 22.7 Å². The van der Waals surface area contributed by atoms with E-state index in [0.717, 1.165) is 0 Å². The maximum Gasteiger partial charge on any atom is 0.410 e. The predicted octanol–water partition coefficient (Wildman–Crippen LogP) is 3.48. The molecule has 0 atom stereocenters. The summed E-state index contributed by atoms with van der Waals surface area (Å²) in [6.45, 7) is 5.67. The van der Waals surface area contributed by atoms with E-state index in [2.05, 4.69) is 15.9 Å². The molecule has 0 heterocycles. The lowest BCUT2D eigenvalue weighted by Crippen LogP contribution is -2.37. The number of non-ortho nitro benzene ring substituents is 1. The third-order valence-corrected chi connectivity index (χ3v) is 3.61. The monoisotopic (exact) mass is 388 g/mol. The molecule has 0 unspecified atom stereocenters. The van der Waals surface area contributed by atoms with Gasteiger partial charge in [-0.05, 0) is 38.8 Å². The molecule has 0 spiro atoms. The number of ether oxygens (including phenoxy) is 1. The fraction of sp³-hybridized carbons (Fsp3) is 0.533. The molecule has 1 rings (SSSR count). The summed E-state index contributed by atoms with van der Waals surface area (Å²) in [5.74, 6) is 0. The van der Waals surface area contributed by atoms with Crippen LogP contribution in [0.4, 0.5) is 10.5 Å². The van der Waals surface area contributed by atoms with Gasteiger partial charge in [0.2, 0.25) is 0 Å². The van der Waals surface area contributed by atoms with Gasteiger partial charge in [-0.1, -0.05) is 15.9 Å². The summed E-state index contributed by atoms with van der Waals surface area (Å²) in [5, 5.41) is 19.9. The predicted molar refractivity (Wildman–Crippen MR) is 89.1 cm³/mol. The van der Waals surface area contributed by atoms with E-state index in [4.69, 9.17) is 9.84 Å². The number of aliphatic hydroxyl groups is 1. The Bertz CT molecular complexity index is 571. The van der Waals surface area contributed by atoms with E-state index in [1.165, 1.54) is 17.0 Å². The molecule has 0 aromatic heterocycles. The van der Waals surface area contributed by atoms with Crippen LogP contribution >= 0.6 is 15.9 Å². The number of hydrogen-bond donors (Lipinski definition) is 1. The van der Waals surface area contributed by atoms with Gasteiger partial charge >= 0.3 is 6.09 Å². The second-order valence-corrected chi connectivity index (χ2v) is 6.87. The van der Waals surface area contributed by atoms with E-state index in [9.17, 15) is 14.9 Å². The Morgan fingerprint density at radius 1 is 1.43 bits per heavy atom. The van der Waals surface area contributed by atoms with Crippen molar-refractivity contribution in [1.29, 1.82) is 0 Å². The number of carbonyl (C=O) groups excluding carboxylic acids is 1. The molecule has 0 aliphatic heterocycles. The van der Waals surface area contributed by atoms with E-state index in [1.807, 2.05) is 0 Å². The summed E-state index contributed by atoms with van der Waals surface area (Å²) < 4.78 is 6.01. The third kappa shape index (κ3) is 6.54. The highest BCUT2D eigenvalue weighted by Crippen LogP contribution is 2.24. The van der Waals surface area contributed by atoms with Crippen molar-refractivity contribution in [3.63, 3.8) is 0 Å². The van der Waals surface area contributed by atoms with Crippen LogP contribution in [-0.2, 0) is 11.3 Å². The topological polar surface area (TPSA) is 92.9 Å². The van der Waals surface area contributed by atoms with Crippen LogP contribution in [0.3, 0.4) is 0 Å². The number of carbonyl (C=O) groups is 1. The molecule has 0 bridgehead atoms. The van der Waals surface area contributed by atoms with E-state index >= 15 is 0 Å². The molecule has 1 aromatic carbocycles. The normalized spacial score (nSPS) is 11.2. The Morgan fingerprint density at radius 2 is 2.09 bits per heavy atom. The zero-order valence-corrected chi connectivity index (χ0v) is 15.0. The average Bonchev–Trinajstić information content (AvgIpc) is 2.42. The van der Waals surface area contributed by atoms with Gasteiger partial charge in [0.15, 0.2) is 0 Å². The van der Waals surface area contributed by atoms with Crippen molar-refractivity contribution in [2.45, 2.75) is 39.3 Å². The number of rotatable bonds is 6. The van der Waals surface area contributed by atoms with E-state index < -0.39 is 16.6 Å². The van der Waals surface area contributed by atoms with E-state index in [-0.39, 0.29) is 18.8 Å². The fourth-order valence-electron chi connectivity index (χ4n) is 1.82. The van der Waals surface area contributed by atoms with Gasteiger partial charge in [0.05, 0.1) is 11.5 Å². The summed E-state index contributed by atoms with van der Waals surface area (Å²) in [4.78, 5) is 24.1. The summed E-state index contributed by atoms with van der Waals surface area (Å²) >= 11 is 3.34. The van der Waals surface area contributed by atoms with Gasteiger partial charge in [0.25, 0.3) is 5.69 Å². The molecule has 1 aromatic rings. The molecule has 0 saturated carbocycles. The van der Waals surface area contributed by atoms with Crippen molar-refractivity contribution in [3.05, 3.63) is 38.3 Å². The fourth-order valence-corrected chi connectivity index (χ4v) is 2.20. The molecule has 0 aliphatic carbocycles. The Kier molecular flexibility index (Phi) is 6.96. The average molecular weight is 389 g/mol. The van der Waals surface area contributed by atoms with Crippen LogP contribution < -0.4 is 0 Å². The van der Waals surface area contributed by atoms with Gasteiger partial charge in [-0.15, -0.1) is 0 Å². The molecule has 128 valence electrons. The van der Waals surface area contributed by atoms with E-state index in [1.54, 1.807) is 26.8 Å². The molecule has 7 nitrogen and oxygen atoms in total. The van der Waals surface area contributed by atoms with Gasteiger partial charge in [0.1, 0.15) is 5.60 Å². The van der Waals surface area contributed by atoms with Crippen LogP contribution in [0.5, 0.6) is 0 Å². The largest absolute Gasteiger partial charge is 0.444 e. The third-order valence-electron chi connectivity index (χ3n) is 2.84. The summed E-state index contributed by atoms with van der Waals surface area (Å²) in [6, 6.07) is 4.38. The zero-order chi connectivity index (χ0) is 17.6. The molecule has 1 N–H and O–H groups in total. The first-order chi connectivity index (χ1) is 10.6. The van der Waals surface area contributed by atoms with Gasteiger partial charge in [-0.3, -0.25) is 10.1 Å². The van der Waals surface area contributed by atoms with Gasteiger partial charge in [-0.2, -0.15) is 0 Å². The maximum atomic E-state index is 12.3. The Balaban J connectivity index is 2.98. The molecule has 1 amide bonds. The second-order valence-electron chi connectivity index (χ2n) is 6.01. The van der Waals surface area contributed by atoms with Crippen molar-refractivity contribution in [1.82, 2.24) is 4.90 Å². The number of amides is 1. The minimum Gasteiger partial charge on any atom is -0.444 e. The van der Waals surface area contributed by atoms with Gasteiger partial charge in [0, 0.05) is 29.8 Å². The minimum atomic E-state index is -0.644. The lowest BCUT2D eigenvalue weighted by Gasteiger charge is -2.27. The molecule has 0 fully saturated rings. The highest BCUT2D eigenvalue weighted by molar-refractivity contribution is 9.10. The van der Waals surface area contributed by atoms with Crippen LogP contribution in [-0.4, -0.2) is 39.8 Å². The van der Waals surface area contributed by atoms with Crippen LogP contribution in [0.1, 0.15) is 32.8 Å². The summed E-state index contributed by atoms with van der Waals surface area (Å²) in [6.07, 6.45) is -0.129.